The molecule has 0 saturated heterocycles. The van der Waals surface area contributed by atoms with Crippen LogP contribution in [0.15, 0.2) is 54.6 Å². The molecule has 2 aromatic rings. The minimum absolute atomic E-state index is 0.0490. The van der Waals surface area contributed by atoms with Gasteiger partial charge in [0.05, 0.1) is 12.2 Å². The summed E-state index contributed by atoms with van der Waals surface area (Å²) >= 11 is 0. The molecular weight excluding hydrogens is 302 g/mol. The first-order chi connectivity index (χ1) is 11.4. The van der Waals surface area contributed by atoms with Crippen molar-refractivity contribution in [2.24, 2.45) is 0 Å². The maximum Gasteiger partial charge on any atom is 0.254 e. The molecule has 0 bridgehead atoms. The molecule has 24 heavy (non-hydrogen) atoms. The van der Waals surface area contributed by atoms with E-state index in [1.165, 1.54) is 0 Å². The summed E-state index contributed by atoms with van der Waals surface area (Å²) in [4.78, 5) is 12.7. The predicted molar refractivity (Wildman–Crippen MR) is 94.2 cm³/mol. The molecule has 4 heteroatoms. The summed E-state index contributed by atoms with van der Waals surface area (Å²) in [6.45, 7) is 6.09. The molecule has 0 radical (unpaired) electrons. The quantitative estimate of drug-likeness (QED) is 0.855. The maximum atomic E-state index is 12.7. The van der Waals surface area contributed by atoms with E-state index in [0.29, 0.717) is 6.54 Å². The number of benzene rings is 2. The zero-order valence-electron chi connectivity index (χ0n) is 14.5. The van der Waals surface area contributed by atoms with Crippen molar-refractivity contribution in [2.45, 2.75) is 45.6 Å². The molecule has 1 unspecified atom stereocenters. The molecule has 0 aromatic heterocycles. The van der Waals surface area contributed by atoms with Gasteiger partial charge in [0.25, 0.3) is 5.91 Å². The van der Waals surface area contributed by atoms with Crippen molar-refractivity contribution < 1.29 is 14.6 Å². The molecule has 4 nitrogen and oxygen atoms in total. The van der Waals surface area contributed by atoms with Gasteiger partial charge in [0.15, 0.2) is 6.10 Å². The molecule has 1 atom stereocenters. The zero-order chi connectivity index (χ0) is 17.6. The first-order valence-electron chi connectivity index (χ1n) is 8.09. The number of hydrogen-bond donors (Lipinski definition) is 2. The lowest BCUT2D eigenvalue weighted by molar-refractivity contribution is -0.143. The van der Waals surface area contributed by atoms with Gasteiger partial charge >= 0.3 is 0 Å². The van der Waals surface area contributed by atoms with Crippen LogP contribution in [0.25, 0.3) is 0 Å². The molecule has 0 aliphatic heterocycles. The fourth-order valence-corrected chi connectivity index (χ4v) is 2.41. The van der Waals surface area contributed by atoms with Crippen LogP contribution in [0.4, 0.5) is 0 Å². The van der Waals surface area contributed by atoms with Crippen LogP contribution in [0.1, 0.15) is 43.6 Å². The largest absolute Gasteiger partial charge is 0.392 e. The number of hydrogen-bond acceptors (Lipinski definition) is 3. The van der Waals surface area contributed by atoms with E-state index in [2.05, 4.69) is 5.32 Å². The van der Waals surface area contributed by atoms with Crippen LogP contribution in [-0.4, -0.2) is 16.6 Å². The van der Waals surface area contributed by atoms with Crippen LogP contribution in [0.5, 0.6) is 0 Å². The van der Waals surface area contributed by atoms with E-state index in [4.69, 9.17) is 4.74 Å². The molecule has 0 spiro atoms. The van der Waals surface area contributed by atoms with Gasteiger partial charge < -0.3 is 15.2 Å². The van der Waals surface area contributed by atoms with E-state index < -0.39 is 11.7 Å². The van der Waals surface area contributed by atoms with Crippen LogP contribution >= 0.6 is 0 Å². The number of nitrogens with one attached hydrogen (secondary N) is 1. The van der Waals surface area contributed by atoms with Crippen molar-refractivity contribution in [3.63, 3.8) is 0 Å². The number of rotatable bonds is 6. The van der Waals surface area contributed by atoms with Crippen molar-refractivity contribution >= 4 is 5.91 Å². The Labute approximate surface area is 143 Å². The first-order valence-corrected chi connectivity index (χ1v) is 8.09. The van der Waals surface area contributed by atoms with Crippen LogP contribution < -0.4 is 5.32 Å². The molecule has 0 saturated carbocycles. The highest BCUT2D eigenvalue weighted by Gasteiger charge is 2.26. The summed E-state index contributed by atoms with van der Waals surface area (Å²) in [5, 5.41) is 12.3. The Kier molecular flexibility index (Phi) is 6.12. The molecule has 128 valence electrons. The Hall–Kier alpha value is -2.17. The minimum Gasteiger partial charge on any atom is -0.392 e. The first kappa shape index (κ1) is 18.2. The maximum absolute atomic E-state index is 12.7. The fourth-order valence-electron chi connectivity index (χ4n) is 2.41. The lowest BCUT2D eigenvalue weighted by Gasteiger charge is -2.27. The number of carbonyl (C=O) groups excluding carboxylic acids is 1. The van der Waals surface area contributed by atoms with Crippen LogP contribution in [0, 0.1) is 0 Å². The molecule has 2 rings (SSSR count). The Morgan fingerprint density at radius 3 is 2.21 bits per heavy atom. The van der Waals surface area contributed by atoms with E-state index >= 15 is 0 Å². The topological polar surface area (TPSA) is 58.6 Å². The Balaban J connectivity index is 2.13. The Morgan fingerprint density at radius 1 is 1.04 bits per heavy atom. The van der Waals surface area contributed by atoms with E-state index in [9.17, 15) is 9.90 Å². The number of aliphatic hydroxyl groups excluding tert-OH is 1. The number of ether oxygens (including phenoxy) is 1. The third kappa shape index (κ3) is 5.18. The summed E-state index contributed by atoms with van der Waals surface area (Å²) < 4.78 is 5.97. The normalized spacial score (nSPS) is 12.7. The lowest BCUT2D eigenvalue weighted by atomic mass is 10.1. The number of amides is 1. The highest BCUT2D eigenvalue weighted by atomic mass is 16.5. The SMILES string of the molecule is CC(C)(C)OC(C(=O)NCc1ccccc1CO)c1ccccc1. The van der Waals surface area contributed by atoms with Crippen molar-refractivity contribution in [3.05, 3.63) is 71.3 Å². The Bertz CT molecular complexity index is 662. The molecular formula is C20H25NO3. The van der Waals surface area contributed by atoms with Gasteiger partial charge in [-0.15, -0.1) is 0 Å². The zero-order valence-corrected chi connectivity index (χ0v) is 14.5. The highest BCUT2D eigenvalue weighted by molar-refractivity contribution is 5.82. The monoisotopic (exact) mass is 327 g/mol. The van der Waals surface area contributed by atoms with Crippen molar-refractivity contribution in [2.75, 3.05) is 0 Å². The average Bonchev–Trinajstić information content (AvgIpc) is 2.58. The molecule has 0 fully saturated rings. The number of carbonyl (C=O) groups is 1. The fraction of sp³-hybridized carbons (Fsp3) is 0.350. The molecule has 0 heterocycles. The third-order valence-electron chi connectivity index (χ3n) is 3.55. The standard InChI is InChI=1S/C20H25NO3/c1-20(2,3)24-18(15-9-5-4-6-10-15)19(23)21-13-16-11-7-8-12-17(16)14-22/h4-12,18,22H,13-14H2,1-3H3,(H,21,23). The van der Waals surface area contributed by atoms with Gasteiger partial charge in [0.2, 0.25) is 0 Å². The van der Waals surface area contributed by atoms with Crippen LogP contribution in [0.3, 0.4) is 0 Å². The van der Waals surface area contributed by atoms with Crippen LogP contribution in [0.2, 0.25) is 0 Å². The molecule has 0 aliphatic rings. The van der Waals surface area contributed by atoms with Gasteiger partial charge in [0.1, 0.15) is 0 Å². The minimum atomic E-state index is -0.674. The lowest BCUT2D eigenvalue weighted by Crippen LogP contribution is -2.35. The van der Waals surface area contributed by atoms with Gasteiger partial charge in [-0.1, -0.05) is 54.6 Å². The smallest absolute Gasteiger partial charge is 0.254 e. The van der Waals surface area contributed by atoms with E-state index in [1.807, 2.05) is 75.4 Å². The second-order valence-corrected chi connectivity index (χ2v) is 6.67. The average molecular weight is 327 g/mol. The van der Waals surface area contributed by atoms with E-state index in [-0.39, 0.29) is 12.5 Å². The van der Waals surface area contributed by atoms with E-state index in [1.54, 1.807) is 0 Å². The van der Waals surface area contributed by atoms with Crippen molar-refractivity contribution in [1.29, 1.82) is 0 Å². The van der Waals surface area contributed by atoms with Gasteiger partial charge in [0, 0.05) is 6.54 Å². The van der Waals surface area contributed by atoms with Crippen molar-refractivity contribution in [3.8, 4) is 0 Å². The summed E-state index contributed by atoms with van der Waals surface area (Å²) in [5.41, 5.74) is 2.09. The summed E-state index contributed by atoms with van der Waals surface area (Å²) in [6.07, 6.45) is -0.674. The number of aliphatic hydroxyl groups is 1. The molecule has 1 amide bonds. The molecule has 2 N–H and O–H groups in total. The van der Waals surface area contributed by atoms with Crippen LogP contribution in [-0.2, 0) is 22.7 Å². The van der Waals surface area contributed by atoms with Gasteiger partial charge in [-0.3, -0.25) is 4.79 Å². The summed E-state index contributed by atoms with van der Waals surface area (Å²) in [7, 11) is 0. The molecule has 0 aliphatic carbocycles. The second kappa shape index (κ2) is 8.08. The van der Waals surface area contributed by atoms with Crippen molar-refractivity contribution in [1.82, 2.24) is 5.32 Å². The van der Waals surface area contributed by atoms with Gasteiger partial charge in [-0.25, -0.2) is 0 Å². The summed E-state index contributed by atoms with van der Waals surface area (Å²) in [6, 6.07) is 17.0. The predicted octanol–water partition coefficient (Wildman–Crippen LogP) is 3.35. The van der Waals surface area contributed by atoms with Gasteiger partial charge in [-0.05, 0) is 37.5 Å². The third-order valence-corrected chi connectivity index (χ3v) is 3.55. The highest BCUT2D eigenvalue weighted by Crippen LogP contribution is 2.24. The summed E-state index contributed by atoms with van der Waals surface area (Å²) in [5.74, 6) is -0.191. The van der Waals surface area contributed by atoms with E-state index in [0.717, 1.165) is 16.7 Å². The Morgan fingerprint density at radius 2 is 1.62 bits per heavy atom. The second-order valence-electron chi connectivity index (χ2n) is 6.67. The molecule has 2 aromatic carbocycles. The van der Waals surface area contributed by atoms with Gasteiger partial charge in [-0.2, -0.15) is 0 Å².